The van der Waals surface area contributed by atoms with Gasteiger partial charge in [-0.05, 0) is 37.6 Å². The SMILES string of the molecule is CCn1ncc(-c2ccnc3cc(C(=O)Nc4nn(Cc5ccc(F)cc5)cc4Cl)nn23)c1C. The van der Waals surface area contributed by atoms with Crippen LogP contribution in [-0.2, 0) is 13.1 Å². The number of benzene rings is 1. The lowest BCUT2D eigenvalue weighted by atomic mass is 10.2. The van der Waals surface area contributed by atoms with Crippen molar-refractivity contribution in [2.24, 2.45) is 0 Å². The molecule has 1 N–H and O–H groups in total. The highest BCUT2D eigenvalue weighted by atomic mass is 35.5. The molecule has 0 aliphatic carbocycles. The van der Waals surface area contributed by atoms with Gasteiger partial charge in [-0.3, -0.25) is 14.2 Å². The van der Waals surface area contributed by atoms with Gasteiger partial charge in [-0.2, -0.15) is 15.3 Å². The molecule has 0 saturated heterocycles. The normalized spacial score (nSPS) is 11.3. The van der Waals surface area contributed by atoms with Crippen LogP contribution in [-0.4, -0.2) is 40.1 Å². The maximum Gasteiger partial charge on any atom is 0.277 e. The summed E-state index contributed by atoms with van der Waals surface area (Å²) < 4.78 is 18.2. The minimum absolute atomic E-state index is 0.171. The molecule has 0 saturated carbocycles. The Bertz CT molecular complexity index is 1500. The largest absolute Gasteiger partial charge is 0.302 e. The fraction of sp³-hybridized carbons (Fsp3) is 0.174. The Kier molecular flexibility index (Phi) is 5.58. The minimum Gasteiger partial charge on any atom is -0.302 e. The Morgan fingerprint density at radius 3 is 2.71 bits per heavy atom. The van der Waals surface area contributed by atoms with E-state index in [4.69, 9.17) is 11.6 Å². The summed E-state index contributed by atoms with van der Waals surface area (Å²) in [6, 6.07) is 9.52. The van der Waals surface area contributed by atoms with E-state index in [1.165, 1.54) is 12.1 Å². The summed E-state index contributed by atoms with van der Waals surface area (Å²) in [5, 5.41) is 16.2. The highest BCUT2D eigenvalue weighted by molar-refractivity contribution is 6.33. The van der Waals surface area contributed by atoms with Crippen LogP contribution in [0.15, 0.2) is 55.0 Å². The zero-order valence-corrected chi connectivity index (χ0v) is 19.2. The smallest absolute Gasteiger partial charge is 0.277 e. The van der Waals surface area contributed by atoms with E-state index in [0.29, 0.717) is 12.2 Å². The summed E-state index contributed by atoms with van der Waals surface area (Å²) in [7, 11) is 0. The highest BCUT2D eigenvalue weighted by Crippen LogP contribution is 2.24. The molecule has 0 aliphatic rings. The van der Waals surface area contributed by atoms with Crippen LogP contribution in [0, 0.1) is 12.7 Å². The Balaban J connectivity index is 1.39. The van der Waals surface area contributed by atoms with E-state index >= 15 is 0 Å². The Morgan fingerprint density at radius 2 is 1.97 bits per heavy atom. The fourth-order valence-electron chi connectivity index (χ4n) is 3.74. The van der Waals surface area contributed by atoms with Gasteiger partial charge in [0.15, 0.2) is 17.2 Å². The van der Waals surface area contributed by atoms with E-state index in [0.717, 1.165) is 29.1 Å². The van der Waals surface area contributed by atoms with Gasteiger partial charge < -0.3 is 5.32 Å². The van der Waals surface area contributed by atoms with Crippen molar-refractivity contribution in [1.82, 2.24) is 34.2 Å². The molecule has 5 rings (SSSR count). The maximum atomic E-state index is 13.1. The maximum absolute atomic E-state index is 13.1. The van der Waals surface area contributed by atoms with Crippen LogP contribution in [0.1, 0.15) is 28.7 Å². The Morgan fingerprint density at radius 1 is 1.18 bits per heavy atom. The molecule has 4 heterocycles. The van der Waals surface area contributed by atoms with Crippen molar-refractivity contribution < 1.29 is 9.18 Å². The third-order valence-corrected chi connectivity index (χ3v) is 5.75. The molecule has 172 valence electrons. The molecule has 9 nitrogen and oxygen atoms in total. The second-order valence-electron chi connectivity index (χ2n) is 7.69. The number of nitrogens with zero attached hydrogens (tertiary/aromatic N) is 7. The number of aromatic nitrogens is 7. The molecule has 0 radical (unpaired) electrons. The number of amides is 1. The van der Waals surface area contributed by atoms with Gasteiger partial charge in [0.1, 0.15) is 10.8 Å². The number of halogens is 2. The molecule has 0 bridgehead atoms. The van der Waals surface area contributed by atoms with Crippen molar-refractivity contribution in [3.8, 4) is 11.3 Å². The first-order chi connectivity index (χ1) is 16.4. The molecule has 0 aliphatic heterocycles. The molecule has 34 heavy (non-hydrogen) atoms. The predicted octanol–water partition coefficient (Wildman–Crippen LogP) is 4.21. The quantitative estimate of drug-likeness (QED) is 0.394. The summed E-state index contributed by atoms with van der Waals surface area (Å²) in [5.41, 5.74) is 4.23. The molecular formula is C23H20ClFN8O. The number of hydrogen-bond acceptors (Lipinski definition) is 5. The molecular weight excluding hydrogens is 459 g/mol. The average molecular weight is 479 g/mol. The van der Waals surface area contributed by atoms with Crippen LogP contribution >= 0.6 is 11.6 Å². The molecule has 5 aromatic rings. The molecule has 1 amide bonds. The van der Waals surface area contributed by atoms with Gasteiger partial charge in [0, 0.05) is 36.3 Å². The van der Waals surface area contributed by atoms with E-state index in [1.807, 2.05) is 24.6 Å². The van der Waals surface area contributed by atoms with Crippen LogP contribution < -0.4 is 5.32 Å². The lowest BCUT2D eigenvalue weighted by Crippen LogP contribution is -2.14. The van der Waals surface area contributed by atoms with Crippen LogP contribution in [0.2, 0.25) is 5.02 Å². The van der Waals surface area contributed by atoms with Crippen molar-refractivity contribution >= 4 is 29.0 Å². The third-order valence-electron chi connectivity index (χ3n) is 5.48. The first-order valence-corrected chi connectivity index (χ1v) is 11.0. The van der Waals surface area contributed by atoms with Crippen molar-refractivity contribution in [2.45, 2.75) is 26.9 Å². The Hall–Kier alpha value is -4.05. The Labute approximate surface area is 198 Å². The molecule has 0 atom stereocenters. The van der Waals surface area contributed by atoms with Gasteiger partial charge in [0.05, 0.1) is 18.4 Å². The van der Waals surface area contributed by atoms with Crippen molar-refractivity contribution in [3.05, 3.63) is 82.8 Å². The second kappa shape index (κ2) is 8.71. The van der Waals surface area contributed by atoms with E-state index in [1.54, 1.807) is 46.0 Å². The predicted molar refractivity (Wildman–Crippen MR) is 125 cm³/mol. The molecule has 0 fully saturated rings. The number of carbonyl (C=O) groups excluding carboxylic acids is 1. The zero-order chi connectivity index (χ0) is 23.8. The summed E-state index contributed by atoms with van der Waals surface area (Å²) >= 11 is 6.28. The standard InChI is InChI=1S/C23H20ClFN8O/c1-3-32-14(2)17(11-27-32)20-8-9-26-21-10-19(29-33(20)21)23(34)28-22-18(24)13-31(30-22)12-15-4-6-16(25)7-5-15/h4-11,13H,3,12H2,1-2H3,(H,28,30,34). The van der Waals surface area contributed by atoms with E-state index in [9.17, 15) is 9.18 Å². The van der Waals surface area contributed by atoms with Crippen molar-refractivity contribution in [3.63, 3.8) is 0 Å². The van der Waals surface area contributed by atoms with Crippen LogP contribution in [0.25, 0.3) is 16.9 Å². The lowest BCUT2D eigenvalue weighted by molar-refractivity contribution is 0.102. The lowest BCUT2D eigenvalue weighted by Gasteiger charge is -2.04. The first-order valence-electron chi connectivity index (χ1n) is 10.6. The average Bonchev–Trinajstić information content (AvgIpc) is 3.52. The molecule has 1 aromatic carbocycles. The third kappa shape index (κ3) is 4.03. The summed E-state index contributed by atoms with van der Waals surface area (Å²) in [4.78, 5) is 17.3. The monoisotopic (exact) mass is 478 g/mol. The van der Waals surface area contributed by atoms with Crippen LogP contribution in [0.5, 0.6) is 0 Å². The van der Waals surface area contributed by atoms with Gasteiger partial charge >= 0.3 is 0 Å². The van der Waals surface area contributed by atoms with E-state index in [-0.39, 0.29) is 22.4 Å². The van der Waals surface area contributed by atoms with Crippen molar-refractivity contribution in [1.29, 1.82) is 0 Å². The van der Waals surface area contributed by atoms with Gasteiger partial charge in [-0.15, -0.1) is 0 Å². The summed E-state index contributed by atoms with van der Waals surface area (Å²) in [5.74, 6) is -0.569. The molecule has 0 unspecified atom stereocenters. The number of aryl methyl sites for hydroxylation is 1. The second-order valence-corrected chi connectivity index (χ2v) is 8.10. The molecule has 0 spiro atoms. The van der Waals surface area contributed by atoms with Gasteiger partial charge in [0.25, 0.3) is 5.91 Å². The van der Waals surface area contributed by atoms with Gasteiger partial charge in [-0.1, -0.05) is 23.7 Å². The number of anilines is 1. The summed E-state index contributed by atoms with van der Waals surface area (Å²) in [6.07, 6.45) is 5.05. The number of fused-ring (bicyclic) bond motifs is 1. The van der Waals surface area contributed by atoms with Gasteiger partial charge in [0.2, 0.25) is 0 Å². The highest BCUT2D eigenvalue weighted by Gasteiger charge is 2.18. The van der Waals surface area contributed by atoms with E-state index < -0.39 is 5.91 Å². The number of nitrogens with one attached hydrogen (secondary N) is 1. The van der Waals surface area contributed by atoms with Crippen LogP contribution in [0.3, 0.4) is 0 Å². The zero-order valence-electron chi connectivity index (χ0n) is 18.4. The van der Waals surface area contributed by atoms with Crippen LogP contribution in [0.4, 0.5) is 10.2 Å². The molecule has 4 aromatic heterocycles. The fourth-order valence-corrected chi connectivity index (χ4v) is 3.94. The van der Waals surface area contributed by atoms with E-state index in [2.05, 4.69) is 25.6 Å². The molecule has 11 heteroatoms. The number of rotatable bonds is 6. The first kappa shape index (κ1) is 21.8. The number of hydrogen-bond donors (Lipinski definition) is 1. The number of carbonyl (C=O) groups is 1. The topological polar surface area (TPSA) is 94.9 Å². The van der Waals surface area contributed by atoms with Gasteiger partial charge in [-0.25, -0.2) is 13.9 Å². The van der Waals surface area contributed by atoms with Crippen molar-refractivity contribution in [2.75, 3.05) is 5.32 Å². The summed E-state index contributed by atoms with van der Waals surface area (Å²) in [6.45, 7) is 5.14. The minimum atomic E-state index is -0.466.